The fourth-order valence-electron chi connectivity index (χ4n) is 3.85. The monoisotopic (exact) mass is 429 g/mol. The van der Waals surface area contributed by atoms with E-state index in [2.05, 4.69) is 28.9 Å². The van der Waals surface area contributed by atoms with Gasteiger partial charge in [0.2, 0.25) is 5.91 Å². The highest BCUT2D eigenvalue weighted by Gasteiger charge is 2.33. The number of amides is 3. The van der Waals surface area contributed by atoms with E-state index in [-0.39, 0.29) is 24.5 Å². The van der Waals surface area contributed by atoms with Gasteiger partial charge in [0.25, 0.3) is 0 Å². The molecule has 0 aliphatic carbocycles. The van der Waals surface area contributed by atoms with Crippen LogP contribution in [0.1, 0.15) is 42.3 Å². The summed E-state index contributed by atoms with van der Waals surface area (Å²) in [5.74, 6) is -0.0247. The smallest absolute Gasteiger partial charge is 0.317 e. The summed E-state index contributed by atoms with van der Waals surface area (Å²) in [6, 6.07) is 12.0. The molecular weight excluding hydrogens is 398 g/mol. The molecule has 0 bridgehead atoms. The van der Waals surface area contributed by atoms with Crippen molar-refractivity contribution >= 4 is 23.3 Å². The van der Waals surface area contributed by atoms with Gasteiger partial charge in [-0.25, -0.2) is 4.79 Å². The molecule has 0 saturated carbocycles. The van der Waals surface area contributed by atoms with Gasteiger partial charge in [0, 0.05) is 37.7 Å². The highest BCUT2D eigenvalue weighted by Crippen LogP contribution is 2.37. The lowest BCUT2D eigenvalue weighted by Gasteiger charge is -2.37. The number of carbonyl (C=O) groups is 2. The molecule has 6 nitrogen and oxygen atoms in total. The van der Waals surface area contributed by atoms with Crippen LogP contribution in [0.2, 0.25) is 0 Å². The first kappa shape index (κ1) is 22.3. The molecule has 1 aliphatic heterocycles. The second-order valence-corrected chi connectivity index (χ2v) is 8.26. The van der Waals surface area contributed by atoms with Crippen molar-refractivity contribution in [2.24, 2.45) is 0 Å². The number of hydrogen-bond acceptors (Lipinski definition) is 4. The number of nitrogens with zero attached hydrogens (tertiary/aromatic N) is 2. The third-order valence-electron chi connectivity index (χ3n) is 5.26. The number of urea groups is 1. The van der Waals surface area contributed by atoms with Crippen molar-refractivity contribution in [1.29, 1.82) is 0 Å². The second kappa shape index (κ2) is 11.1. The summed E-state index contributed by atoms with van der Waals surface area (Å²) >= 11 is 1.75. The first-order valence-electron chi connectivity index (χ1n) is 10.7. The van der Waals surface area contributed by atoms with Crippen molar-refractivity contribution in [3.63, 3.8) is 0 Å². The predicted molar refractivity (Wildman–Crippen MR) is 120 cm³/mol. The van der Waals surface area contributed by atoms with Crippen LogP contribution in [0, 0.1) is 0 Å². The molecule has 0 spiro atoms. The first-order valence-corrected chi connectivity index (χ1v) is 11.5. The lowest BCUT2D eigenvalue weighted by molar-refractivity contribution is -0.134. The van der Waals surface area contributed by atoms with Gasteiger partial charge in [0.1, 0.15) is 6.54 Å². The van der Waals surface area contributed by atoms with Crippen LogP contribution in [0.15, 0.2) is 41.8 Å². The van der Waals surface area contributed by atoms with E-state index >= 15 is 0 Å². The van der Waals surface area contributed by atoms with Crippen molar-refractivity contribution in [3.8, 4) is 0 Å². The predicted octanol–water partition coefficient (Wildman–Crippen LogP) is 3.68. The summed E-state index contributed by atoms with van der Waals surface area (Å²) in [4.78, 5) is 30.8. The number of rotatable bonds is 9. The molecule has 1 N–H and O–H groups in total. The minimum atomic E-state index is -0.202. The molecule has 1 aromatic heterocycles. The van der Waals surface area contributed by atoms with Crippen LogP contribution in [0.3, 0.4) is 0 Å². The molecular formula is C23H31N3O3S. The SMILES string of the molecule is CCNC(=O)N(CCCOCC)CC(=O)N1CCc2sccc2[C@@H]1c1ccccc1. The lowest BCUT2D eigenvalue weighted by Crippen LogP contribution is -2.49. The van der Waals surface area contributed by atoms with Crippen LogP contribution in [0.25, 0.3) is 0 Å². The molecule has 162 valence electrons. The molecule has 0 unspecified atom stereocenters. The van der Waals surface area contributed by atoms with Crippen LogP contribution in [-0.4, -0.2) is 61.1 Å². The van der Waals surface area contributed by atoms with Gasteiger partial charge in [0.15, 0.2) is 0 Å². The Kier molecular flexibility index (Phi) is 8.28. The van der Waals surface area contributed by atoms with E-state index in [4.69, 9.17) is 4.74 Å². The Bertz CT molecular complexity index is 824. The number of fused-ring (bicyclic) bond motifs is 1. The van der Waals surface area contributed by atoms with E-state index in [1.54, 1.807) is 16.2 Å². The zero-order valence-corrected chi connectivity index (χ0v) is 18.6. The Morgan fingerprint density at radius 3 is 2.77 bits per heavy atom. The summed E-state index contributed by atoms with van der Waals surface area (Å²) in [6.45, 7) is 6.81. The third kappa shape index (κ3) is 5.40. The highest BCUT2D eigenvalue weighted by atomic mass is 32.1. The summed E-state index contributed by atoms with van der Waals surface area (Å²) in [5.41, 5.74) is 2.30. The normalized spacial score (nSPS) is 15.5. The van der Waals surface area contributed by atoms with Crippen LogP contribution in [-0.2, 0) is 16.0 Å². The molecule has 0 fully saturated rings. The Balaban J connectivity index is 1.77. The van der Waals surface area contributed by atoms with Gasteiger partial charge in [0.05, 0.1) is 6.04 Å². The van der Waals surface area contributed by atoms with E-state index in [1.807, 2.05) is 36.9 Å². The average molecular weight is 430 g/mol. The van der Waals surface area contributed by atoms with Crippen LogP contribution in [0.5, 0.6) is 0 Å². The fourth-order valence-corrected chi connectivity index (χ4v) is 4.76. The van der Waals surface area contributed by atoms with Gasteiger partial charge >= 0.3 is 6.03 Å². The van der Waals surface area contributed by atoms with Crippen molar-refractivity contribution in [1.82, 2.24) is 15.1 Å². The molecule has 0 radical (unpaired) electrons. The van der Waals surface area contributed by atoms with Gasteiger partial charge in [-0.3, -0.25) is 4.79 Å². The molecule has 0 saturated heterocycles. The van der Waals surface area contributed by atoms with Crippen LogP contribution >= 0.6 is 11.3 Å². The number of carbonyl (C=O) groups excluding carboxylic acids is 2. The van der Waals surface area contributed by atoms with Gasteiger partial charge < -0.3 is 19.9 Å². The Labute approximate surface area is 182 Å². The topological polar surface area (TPSA) is 61.9 Å². The zero-order valence-electron chi connectivity index (χ0n) is 17.8. The summed E-state index contributed by atoms with van der Waals surface area (Å²) in [5, 5.41) is 4.93. The van der Waals surface area contributed by atoms with Crippen molar-refractivity contribution in [2.75, 3.05) is 39.4 Å². The van der Waals surface area contributed by atoms with E-state index in [0.29, 0.717) is 39.3 Å². The summed E-state index contributed by atoms with van der Waals surface area (Å²) < 4.78 is 5.40. The minimum absolute atomic E-state index is 0.0247. The molecule has 3 amide bonds. The van der Waals surface area contributed by atoms with Gasteiger partial charge in [-0.1, -0.05) is 30.3 Å². The number of hydrogen-bond donors (Lipinski definition) is 1. The van der Waals surface area contributed by atoms with E-state index in [1.165, 1.54) is 10.4 Å². The standard InChI is InChI=1S/C23H31N3O3S/c1-3-24-23(28)25(13-8-15-29-4-2)17-21(27)26-14-11-20-19(12-16-30-20)22(26)18-9-6-5-7-10-18/h5-7,9-10,12,16,22H,3-4,8,11,13-15,17H2,1-2H3,(H,24,28)/t22-/m0/s1. The maximum absolute atomic E-state index is 13.4. The molecule has 1 aromatic carbocycles. The number of thiophene rings is 1. The summed E-state index contributed by atoms with van der Waals surface area (Å²) in [6.07, 6.45) is 1.56. The molecule has 2 heterocycles. The molecule has 3 rings (SSSR count). The average Bonchev–Trinajstić information content (AvgIpc) is 3.24. The van der Waals surface area contributed by atoms with Crippen molar-refractivity contribution < 1.29 is 14.3 Å². The second-order valence-electron chi connectivity index (χ2n) is 7.26. The maximum atomic E-state index is 13.4. The Morgan fingerprint density at radius 2 is 2.03 bits per heavy atom. The van der Waals surface area contributed by atoms with Gasteiger partial charge in [-0.05, 0) is 49.3 Å². The molecule has 2 aromatic rings. The third-order valence-corrected chi connectivity index (χ3v) is 6.26. The lowest BCUT2D eigenvalue weighted by atomic mass is 9.93. The number of nitrogens with one attached hydrogen (secondary N) is 1. The number of benzene rings is 1. The molecule has 7 heteroatoms. The van der Waals surface area contributed by atoms with Crippen LogP contribution < -0.4 is 5.32 Å². The largest absolute Gasteiger partial charge is 0.382 e. The minimum Gasteiger partial charge on any atom is -0.382 e. The van der Waals surface area contributed by atoms with Crippen molar-refractivity contribution in [3.05, 3.63) is 57.8 Å². The van der Waals surface area contributed by atoms with Gasteiger partial charge in [-0.15, -0.1) is 11.3 Å². The van der Waals surface area contributed by atoms with E-state index in [0.717, 1.165) is 12.0 Å². The quantitative estimate of drug-likeness (QED) is 0.619. The van der Waals surface area contributed by atoms with E-state index in [9.17, 15) is 9.59 Å². The summed E-state index contributed by atoms with van der Waals surface area (Å²) in [7, 11) is 0. The van der Waals surface area contributed by atoms with Crippen LogP contribution in [0.4, 0.5) is 4.79 Å². The Hall–Kier alpha value is -2.38. The highest BCUT2D eigenvalue weighted by molar-refractivity contribution is 7.10. The molecule has 1 atom stereocenters. The fraction of sp³-hybridized carbons (Fsp3) is 0.478. The molecule has 1 aliphatic rings. The Morgan fingerprint density at radius 1 is 1.23 bits per heavy atom. The van der Waals surface area contributed by atoms with Gasteiger partial charge in [-0.2, -0.15) is 0 Å². The molecule has 30 heavy (non-hydrogen) atoms. The number of ether oxygens (including phenoxy) is 1. The maximum Gasteiger partial charge on any atom is 0.317 e. The van der Waals surface area contributed by atoms with Crippen molar-refractivity contribution in [2.45, 2.75) is 32.7 Å². The first-order chi connectivity index (χ1) is 14.7. The zero-order chi connectivity index (χ0) is 21.3. The van der Waals surface area contributed by atoms with E-state index < -0.39 is 0 Å².